The minimum absolute atomic E-state index is 0.0443. The number of ether oxygens (including phenoxy) is 1. The summed E-state index contributed by atoms with van der Waals surface area (Å²) in [7, 11) is 1.64. The number of thiazole rings is 1. The first-order valence-electron chi connectivity index (χ1n) is 9.61. The summed E-state index contributed by atoms with van der Waals surface area (Å²) in [6, 6.07) is 7.75. The Labute approximate surface area is 170 Å². The van der Waals surface area contributed by atoms with Crippen molar-refractivity contribution < 1.29 is 14.3 Å². The van der Waals surface area contributed by atoms with Gasteiger partial charge in [-0.2, -0.15) is 0 Å². The molecule has 1 aromatic heterocycles. The first-order chi connectivity index (χ1) is 13.4. The van der Waals surface area contributed by atoms with E-state index in [1.54, 1.807) is 7.11 Å². The van der Waals surface area contributed by atoms with Crippen molar-refractivity contribution >= 4 is 28.3 Å². The molecule has 0 fully saturated rings. The number of hydrogen-bond donors (Lipinski definition) is 2. The average Bonchev–Trinajstić information content (AvgIpc) is 3.11. The quantitative estimate of drug-likeness (QED) is 0.618. The number of methoxy groups -OCH3 is 1. The molecule has 1 unspecified atom stereocenters. The van der Waals surface area contributed by atoms with Crippen LogP contribution >= 0.6 is 11.3 Å². The standard InChI is InChI=1S/C21H29N3O3S/c1-5-6-7-18(15-8-10-17(27-4)11-9-15)23-19(25)12-16-13-28-21(22-16)24-20(26)14(2)3/h8-11,13-14,18H,5-7,12H2,1-4H3,(H,23,25)(H,22,24,26). The predicted molar refractivity (Wildman–Crippen MR) is 113 cm³/mol. The molecule has 28 heavy (non-hydrogen) atoms. The highest BCUT2D eigenvalue weighted by molar-refractivity contribution is 7.13. The third kappa shape index (κ3) is 6.64. The lowest BCUT2D eigenvalue weighted by Crippen LogP contribution is -2.30. The summed E-state index contributed by atoms with van der Waals surface area (Å²) in [5.41, 5.74) is 1.72. The molecular weight excluding hydrogens is 374 g/mol. The number of unbranched alkanes of at least 4 members (excludes halogenated alkanes) is 1. The maximum absolute atomic E-state index is 12.6. The Bertz CT molecular complexity index is 771. The highest BCUT2D eigenvalue weighted by Gasteiger charge is 2.16. The molecule has 1 atom stereocenters. The molecule has 0 radical (unpaired) electrons. The number of carbonyl (C=O) groups excluding carboxylic acids is 2. The first-order valence-corrected chi connectivity index (χ1v) is 10.5. The lowest BCUT2D eigenvalue weighted by atomic mass is 10.0. The van der Waals surface area contributed by atoms with Gasteiger partial charge in [-0.3, -0.25) is 9.59 Å². The van der Waals surface area contributed by atoms with Crippen LogP contribution in [0.3, 0.4) is 0 Å². The Kier molecular flexibility index (Phi) is 8.44. The Morgan fingerprint density at radius 2 is 1.93 bits per heavy atom. The van der Waals surface area contributed by atoms with Gasteiger partial charge < -0.3 is 15.4 Å². The predicted octanol–water partition coefficient (Wildman–Crippen LogP) is 4.34. The van der Waals surface area contributed by atoms with E-state index in [-0.39, 0.29) is 30.2 Å². The summed E-state index contributed by atoms with van der Waals surface area (Å²) in [5, 5.41) is 8.22. The molecule has 0 aliphatic carbocycles. The lowest BCUT2D eigenvalue weighted by Gasteiger charge is -2.19. The van der Waals surface area contributed by atoms with Gasteiger partial charge in [0.05, 0.1) is 25.3 Å². The van der Waals surface area contributed by atoms with Gasteiger partial charge in [0.2, 0.25) is 11.8 Å². The second-order valence-electron chi connectivity index (χ2n) is 7.00. The fraction of sp³-hybridized carbons (Fsp3) is 0.476. The number of benzene rings is 1. The van der Waals surface area contributed by atoms with Gasteiger partial charge in [0.15, 0.2) is 5.13 Å². The minimum atomic E-state index is -0.112. The molecule has 1 aromatic carbocycles. The molecule has 0 saturated carbocycles. The van der Waals surface area contributed by atoms with Gasteiger partial charge >= 0.3 is 0 Å². The van der Waals surface area contributed by atoms with Gasteiger partial charge in [-0.1, -0.05) is 45.7 Å². The van der Waals surface area contributed by atoms with Crippen molar-refractivity contribution in [2.75, 3.05) is 12.4 Å². The average molecular weight is 404 g/mol. The van der Waals surface area contributed by atoms with Gasteiger partial charge in [0.25, 0.3) is 0 Å². The number of rotatable bonds is 10. The van der Waals surface area contributed by atoms with E-state index in [2.05, 4.69) is 22.5 Å². The molecule has 2 rings (SSSR count). The number of nitrogens with one attached hydrogen (secondary N) is 2. The zero-order chi connectivity index (χ0) is 20.5. The molecule has 6 nitrogen and oxygen atoms in total. The van der Waals surface area contributed by atoms with Crippen molar-refractivity contribution in [3.8, 4) is 5.75 Å². The SMILES string of the molecule is CCCCC(NC(=O)Cc1csc(NC(=O)C(C)C)n1)c1ccc(OC)cc1. The Morgan fingerprint density at radius 3 is 2.54 bits per heavy atom. The van der Waals surface area contributed by atoms with Crippen LogP contribution in [0.5, 0.6) is 5.75 Å². The van der Waals surface area contributed by atoms with Gasteiger partial charge in [-0.05, 0) is 24.1 Å². The Hall–Kier alpha value is -2.41. The molecule has 0 bridgehead atoms. The summed E-state index contributed by atoms with van der Waals surface area (Å²) in [4.78, 5) is 28.7. The summed E-state index contributed by atoms with van der Waals surface area (Å²) >= 11 is 1.33. The van der Waals surface area contributed by atoms with E-state index < -0.39 is 0 Å². The number of hydrogen-bond acceptors (Lipinski definition) is 5. The van der Waals surface area contributed by atoms with E-state index in [9.17, 15) is 9.59 Å². The summed E-state index contributed by atoms with van der Waals surface area (Å²) in [5.74, 6) is 0.524. The van der Waals surface area contributed by atoms with Crippen LogP contribution in [0.1, 0.15) is 57.3 Å². The van der Waals surface area contributed by atoms with E-state index in [1.807, 2.05) is 43.5 Å². The fourth-order valence-corrected chi connectivity index (χ4v) is 3.38. The monoisotopic (exact) mass is 403 g/mol. The van der Waals surface area contributed by atoms with E-state index in [0.717, 1.165) is 30.6 Å². The number of anilines is 1. The molecule has 2 aromatic rings. The number of carbonyl (C=O) groups is 2. The zero-order valence-electron chi connectivity index (χ0n) is 17.0. The highest BCUT2D eigenvalue weighted by atomic mass is 32.1. The molecule has 152 valence electrons. The third-order valence-corrected chi connectivity index (χ3v) is 5.15. The van der Waals surface area contributed by atoms with Crippen LogP contribution in [-0.4, -0.2) is 23.9 Å². The Morgan fingerprint density at radius 1 is 1.21 bits per heavy atom. The largest absolute Gasteiger partial charge is 0.497 e. The first kappa shape index (κ1) is 21.9. The number of aromatic nitrogens is 1. The topological polar surface area (TPSA) is 80.3 Å². The molecular formula is C21H29N3O3S. The van der Waals surface area contributed by atoms with Crippen LogP contribution in [0, 0.1) is 5.92 Å². The van der Waals surface area contributed by atoms with Gasteiger partial charge in [-0.15, -0.1) is 11.3 Å². The maximum atomic E-state index is 12.6. The van der Waals surface area contributed by atoms with Crippen molar-refractivity contribution in [3.63, 3.8) is 0 Å². The summed E-state index contributed by atoms with van der Waals surface area (Å²) < 4.78 is 5.21. The number of nitrogens with zero attached hydrogens (tertiary/aromatic N) is 1. The van der Waals surface area contributed by atoms with Crippen molar-refractivity contribution in [2.24, 2.45) is 5.92 Å². The maximum Gasteiger partial charge on any atom is 0.228 e. The smallest absolute Gasteiger partial charge is 0.228 e. The van der Waals surface area contributed by atoms with Crippen LogP contribution in [0.25, 0.3) is 0 Å². The molecule has 0 saturated heterocycles. The second-order valence-corrected chi connectivity index (χ2v) is 7.86. The van der Waals surface area contributed by atoms with Crippen molar-refractivity contribution in [1.29, 1.82) is 0 Å². The molecule has 0 aliphatic rings. The van der Waals surface area contributed by atoms with Gasteiger partial charge in [-0.25, -0.2) is 4.98 Å². The normalized spacial score (nSPS) is 11.9. The number of amides is 2. The van der Waals surface area contributed by atoms with Crippen LogP contribution in [0.15, 0.2) is 29.6 Å². The van der Waals surface area contributed by atoms with Crippen LogP contribution in [0.4, 0.5) is 5.13 Å². The molecule has 1 heterocycles. The summed E-state index contributed by atoms with van der Waals surface area (Å²) in [6.07, 6.45) is 3.15. The van der Waals surface area contributed by atoms with Crippen molar-refractivity contribution in [3.05, 3.63) is 40.9 Å². The van der Waals surface area contributed by atoms with E-state index in [4.69, 9.17) is 4.74 Å². The molecule has 2 N–H and O–H groups in total. The van der Waals surface area contributed by atoms with Crippen molar-refractivity contribution in [2.45, 2.75) is 52.5 Å². The van der Waals surface area contributed by atoms with E-state index >= 15 is 0 Å². The molecule has 2 amide bonds. The highest BCUT2D eigenvalue weighted by Crippen LogP contribution is 2.23. The van der Waals surface area contributed by atoms with Crippen LogP contribution in [-0.2, 0) is 16.0 Å². The lowest BCUT2D eigenvalue weighted by molar-refractivity contribution is -0.121. The molecule has 7 heteroatoms. The van der Waals surface area contributed by atoms with Crippen LogP contribution < -0.4 is 15.4 Å². The zero-order valence-corrected chi connectivity index (χ0v) is 17.8. The fourth-order valence-electron chi connectivity index (χ4n) is 2.67. The second kappa shape index (κ2) is 10.8. The van der Waals surface area contributed by atoms with Crippen LogP contribution in [0.2, 0.25) is 0 Å². The van der Waals surface area contributed by atoms with E-state index in [0.29, 0.717) is 10.8 Å². The van der Waals surface area contributed by atoms with Gasteiger partial charge in [0, 0.05) is 11.3 Å². The van der Waals surface area contributed by atoms with Crippen molar-refractivity contribution in [1.82, 2.24) is 10.3 Å². The third-order valence-electron chi connectivity index (χ3n) is 4.35. The summed E-state index contributed by atoms with van der Waals surface area (Å²) in [6.45, 7) is 5.79. The Balaban J connectivity index is 1.99. The minimum Gasteiger partial charge on any atom is -0.497 e. The molecule has 0 spiro atoms. The van der Waals surface area contributed by atoms with E-state index in [1.165, 1.54) is 11.3 Å². The molecule has 0 aliphatic heterocycles. The van der Waals surface area contributed by atoms with Gasteiger partial charge in [0.1, 0.15) is 5.75 Å².